The molecule has 1 fully saturated rings. The van der Waals surface area contributed by atoms with Crippen molar-refractivity contribution in [2.45, 2.75) is 19.0 Å². The van der Waals surface area contributed by atoms with E-state index in [-0.39, 0.29) is 18.4 Å². The lowest BCUT2D eigenvalue weighted by molar-refractivity contribution is -0.157. The molecule has 1 aliphatic heterocycles. The summed E-state index contributed by atoms with van der Waals surface area (Å²) in [5.74, 6) is -0.671. The fourth-order valence-corrected chi connectivity index (χ4v) is 2.47. The van der Waals surface area contributed by atoms with Crippen molar-refractivity contribution in [1.29, 1.82) is 0 Å². The van der Waals surface area contributed by atoms with Crippen LogP contribution in [0, 0.1) is 5.92 Å². The lowest BCUT2D eigenvalue weighted by Gasteiger charge is -2.33. The van der Waals surface area contributed by atoms with Crippen molar-refractivity contribution in [2.24, 2.45) is 10.9 Å². The molecule has 0 saturated carbocycles. The molecule has 0 aromatic heterocycles. The number of hydrogen-bond donors (Lipinski definition) is 1. The summed E-state index contributed by atoms with van der Waals surface area (Å²) in [4.78, 5) is 29.7. The molecular formula is C14H23F3N4O3. The highest BCUT2D eigenvalue weighted by Crippen LogP contribution is 2.18. The minimum Gasteiger partial charge on any atom is -0.469 e. The highest BCUT2D eigenvalue weighted by molar-refractivity contribution is 5.86. The summed E-state index contributed by atoms with van der Waals surface area (Å²) < 4.78 is 41.5. The lowest BCUT2D eigenvalue weighted by Crippen LogP contribution is -2.49. The number of halogens is 3. The van der Waals surface area contributed by atoms with Crippen LogP contribution in [0.5, 0.6) is 0 Å². The number of ether oxygens (including phenoxy) is 1. The van der Waals surface area contributed by atoms with Crippen LogP contribution >= 0.6 is 0 Å². The van der Waals surface area contributed by atoms with Gasteiger partial charge in [0, 0.05) is 27.2 Å². The van der Waals surface area contributed by atoms with Gasteiger partial charge in [-0.3, -0.25) is 14.6 Å². The number of carbonyl (C=O) groups is 2. The molecular weight excluding hydrogens is 329 g/mol. The number of rotatable bonds is 4. The van der Waals surface area contributed by atoms with E-state index in [1.54, 1.807) is 0 Å². The molecule has 1 amide bonds. The molecule has 24 heavy (non-hydrogen) atoms. The molecule has 0 spiro atoms. The quantitative estimate of drug-likeness (QED) is 0.452. The van der Waals surface area contributed by atoms with Crippen molar-refractivity contribution in [3.8, 4) is 0 Å². The zero-order chi connectivity index (χ0) is 18.3. The van der Waals surface area contributed by atoms with Crippen LogP contribution in [0.4, 0.5) is 13.2 Å². The Hall–Kier alpha value is -2.00. The van der Waals surface area contributed by atoms with Crippen molar-refractivity contribution in [3.05, 3.63) is 0 Å². The standard InChI is InChI=1S/C14H23F3N4O3/c1-18-13(19-8-11(22)20(2)9-14(15,16)17)21-6-4-10(5-7-21)12(23)24-3/h10H,4-9H2,1-3H3,(H,18,19). The number of amides is 1. The molecule has 0 aromatic rings. The summed E-state index contributed by atoms with van der Waals surface area (Å²) >= 11 is 0. The summed E-state index contributed by atoms with van der Waals surface area (Å²) in [6.45, 7) is -0.481. The summed E-state index contributed by atoms with van der Waals surface area (Å²) in [6, 6.07) is 0. The third-order valence-corrected chi connectivity index (χ3v) is 3.78. The number of guanidine groups is 1. The molecule has 7 nitrogen and oxygen atoms in total. The first-order valence-electron chi connectivity index (χ1n) is 7.52. The number of piperidine rings is 1. The number of methoxy groups -OCH3 is 1. The third-order valence-electron chi connectivity index (χ3n) is 3.78. The maximum Gasteiger partial charge on any atom is 0.406 e. The second kappa shape index (κ2) is 8.74. The SMILES string of the molecule is CN=C(NCC(=O)N(C)CC(F)(F)F)N1CCC(C(=O)OC)CC1. The fourth-order valence-electron chi connectivity index (χ4n) is 2.47. The highest BCUT2D eigenvalue weighted by atomic mass is 19.4. The molecule has 0 aromatic carbocycles. The molecule has 1 heterocycles. The van der Waals surface area contributed by atoms with Gasteiger partial charge in [-0.05, 0) is 12.8 Å². The molecule has 0 atom stereocenters. The van der Waals surface area contributed by atoms with Crippen molar-refractivity contribution >= 4 is 17.8 Å². The van der Waals surface area contributed by atoms with Crippen molar-refractivity contribution < 1.29 is 27.5 Å². The van der Waals surface area contributed by atoms with E-state index in [9.17, 15) is 22.8 Å². The lowest BCUT2D eigenvalue weighted by atomic mass is 9.97. The van der Waals surface area contributed by atoms with Gasteiger partial charge in [0.1, 0.15) is 6.54 Å². The van der Waals surface area contributed by atoms with Crippen molar-refractivity contribution in [1.82, 2.24) is 15.1 Å². The normalized spacial score (nSPS) is 16.8. The zero-order valence-electron chi connectivity index (χ0n) is 14.0. The third kappa shape index (κ3) is 6.25. The Kier molecular flexibility index (Phi) is 7.30. The van der Waals surface area contributed by atoms with E-state index in [0.717, 1.165) is 7.05 Å². The van der Waals surface area contributed by atoms with E-state index >= 15 is 0 Å². The van der Waals surface area contributed by atoms with Gasteiger partial charge in [0.15, 0.2) is 5.96 Å². The number of alkyl halides is 3. The topological polar surface area (TPSA) is 74.2 Å². The molecule has 1 rings (SSSR count). The molecule has 1 N–H and O–H groups in total. The highest BCUT2D eigenvalue weighted by Gasteiger charge is 2.31. The summed E-state index contributed by atoms with van der Waals surface area (Å²) in [5, 5.41) is 2.76. The Morgan fingerprint density at radius 2 is 1.92 bits per heavy atom. The molecule has 10 heteroatoms. The fraction of sp³-hybridized carbons (Fsp3) is 0.786. The van der Waals surface area contributed by atoms with E-state index in [4.69, 9.17) is 4.74 Å². The Balaban J connectivity index is 2.46. The van der Waals surface area contributed by atoms with Crippen LogP contribution in [-0.4, -0.2) is 81.2 Å². The smallest absolute Gasteiger partial charge is 0.406 e. The van der Waals surface area contributed by atoms with Crippen molar-refractivity contribution in [3.63, 3.8) is 0 Å². The van der Waals surface area contributed by atoms with Crippen LogP contribution in [0.25, 0.3) is 0 Å². The van der Waals surface area contributed by atoms with Gasteiger partial charge in [0.25, 0.3) is 0 Å². The van der Waals surface area contributed by atoms with Gasteiger partial charge in [0.05, 0.1) is 19.6 Å². The summed E-state index contributed by atoms with van der Waals surface area (Å²) in [7, 11) is 3.97. The Morgan fingerprint density at radius 1 is 1.33 bits per heavy atom. The minimum absolute atomic E-state index is 0.163. The van der Waals surface area contributed by atoms with Gasteiger partial charge in [-0.1, -0.05) is 0 Å². The number of likely N-dealkylation sites (N-methyl/N-ethyl adjacent to an activating group) is 1. The molecule has 0 unspecified atom stereocenters. The molecule has 138 valence electrons. The number of esters is 1. The summed E-state index contributed by atoms with van der Waals surface area (Å²) in [5.41, 5.74) is 0. The van der Waals surface area contributed by atoms with Gasteiger partial charge in [-0.25, -0.2) is 0 Å². The number of nitrogens with one attached hydrogen (secondary N) is 1. The maximum absolute atomic E-state index is 12.3. The van der Waals surface area contributed by atoms with Crippen LogP contribution in [0.2, 0.25) is 0 Å². The van der Waals surface area contributed by atoms with Crippen molar-refractivity contribution in [2.75, 3.05) is 47.4 Å². The molecule has 1 aliphatic rings. The maximum atomic E-state index is 12.3. The first kappa shape index (κ1) is 20.0. The van der Waals surface area contributed by atoms with Crippen LogP contribution < -0.4 is 5.32 Å². The second-order valence-electron chi connectivity index (χ2n) is 5.55. The number of nitrogens with zero attached hydrogens (tertiary/aromatic N) is 3. The molecule has 0 radical (unpaired) electrons. The monoisotopic (exact) mass is 352 g/mol. The van der Waals surface area contributed by atoms with E-state index in [0.29, 0.717) is 36.8 Å². The van der Waals surface area contributed by atoms with E-state index in [1.807, 2.05) is 4.90 Å². The first-order chi connectivity index (χ1) is 11.2. The Labute approximate surface area is 138 Å². The number of likely N-dealkylation sites (tertiary alicyclic amines) is 1. The number of aliphatic imine (C=N–C) groups is 1. The van der Waals surface area contributed by atoms with Crippen LogP contribution in [-0.2, 0) is 14.3 Å². The van der Waals surface area contributed by atoms with E-state index in [1.165, 1.54) is 14.2 Å². The van der Waals surface area contributed by atoms with Gasteiger partial charge in [-0.15, -0.1) is 0 Å². The average molecular weight is 352 g/mol. The van der Waals surface area contributed by atoms with Crippen LogP contribution in [0.15, 0.2) is 4.99 Å². The largest absolute Gasteiger partial charge is 0.469 e. The zero-order valence-corrected chi connectivity index (χ0v) is 14.0. The molecule has 1 saturated heterocycles. The van der Waals surface area contributed by atoms with Crippen LogP contribution in [0.3, 0.4) is 0 Å². The summed E-state index contributed by atoms with van der Waals surface area (Å²) in [6.07, 6.45) is -3.24. The number of carbonyl (C=O) groups excluding carboxylic acids is 2. The molecule has 0 aliphatic carbocycles. The van der Waals surface area contributed by atoms with Crippen LogP contribution in [0.1, 0.15) is 12.8 Å². The van der Waals surface area contributed by atoms with E-state index in [2.05, 4.69) is 10.3 Å². The Morgan fingerprint density at radius 3 is 2.38 bits per heavy atom. The van der Waals surface area contributed by atoms with Gasteiger partial charge in [-0.2, -0.15) is 13.2 Å². The second-order valence-corrected chi connectivity index (χ2v) is 5.55. The minimum atomic E-state index is -4.43. The van der Waals surface area contributed by atoms with E-state index < -0.39 is 18.6 Å². The number of hydrogen-bond acceptors (Lipinski definition) is 4. The van der Waals surface area contributed by atoms with Gasteiger partial charge in [0.2, 0.25) is 5.91 Å². The molecule has 0 bridgehead atoms. The Bertz CT molecular complexity index is 474. The first-order valence-corrected chi connectivity index (χ1v) is 7.52. The predicted molar refractivity (Wildman–Crippen MR) is 81.4 cm³/mol. The predicted octanol–water partition coefficient (Wildman–Crippen LogP) is 0.468. The van der Waals surface area contributed by atoms with Gasteiger partial charge >= 0.3 is 12.1 Å². The average Bonchev–Trinajstić information content (AvgIpc) is 2.53. The van der Waals surface area contributed by atoms with Gasteiger partial charge < -0.3 is 19.9 Å².